The molecule has 2 atom stereocenters. The summed E-state index contributed by atoms with van der Waals surface area (Å²) in [6.07, 6.45) is 6.68. The molecule has 72 valence electrons. The van der Waals surface area contributed by atoms with Gasteiger partial charge >= 0.3 is 0 Å². The summed E-state index contributed by atoms with van der Waals surface area (Å²) in [5.41, 5.74) is 0. The minimum atomic E-state index is -0.181. The summed E-state index contributed by atoms with van der Waals surface area (Å²) >= 11 is 0. The van der Waals surface area contributed by atoms with Gasteiger partial charge in [-0.1, -0.05) is 19.1 Å². The van der Waals surface area contributed by atoms with Crippen molar-refractivity contribution < 1.29 is 9.84 Å². The van der Waals surface area contributed by atoms with Gasteiger partial charge in [-0.2, -0.15) is 0 Å². The first-order valence-electron chi connectivity index (χ1n) is 4.56. The molecule has 0 unspecified atom stereocenters. The van der Waals surface area contributed by atoms with Crippen LogP contribution in [0.3, 0.4) is 0 Å². The van der Waals surface area contributed by atoms with E-state index >= 15 is 0 Å². The van der Waals surface area contributed by atoms with Gasteiger partial charge in [0.2, 0.25) is 0 Å². The first-order valence-corrected chi connectivity index (χ1v) is 4.56. The molecule has 0 fully saturated rings. The Morgan fingerprint density at radius 2 is 1.92 bits per heavy atom. The van der Waals surface area contributed by atoms with E-state index in [0.29, 0.717) is 0 Å². The van der Waals surface area contributed by atoms with Gasteiger partial charge in [-0.05, 0) is 26.2 Å². The van der Waals surface area contributed by atoms with Crippen LogP contribution >= 0.6 is 0 Å². The second-order valence-corrected chi connectivity index (χ2v) is 3.05. The molecule has 0 aliphatic carbocycles. The van der Waals surface area contributed by atoms with Gasteiger partial charge in [-0.3, -0.25) is 0 Å². The minimum Gasteiger partial charge on any atom is -0.393 e. The van der Waals surface area contributed by atoms with E-state index < -0.39 is 0 Å². The van der Waals surface area contributed by atoms with Crippen molar-refractivity contribution in [1.29, 1.82) is 0 Å². The van der Waals surface area contributed by atoms with Crippen molar-refractivity contribution in [1.82, 2.24) is 0 Å². The molecule has 12 heavy (non-hydrogen) atoms. The fourth-order valence-electron chi connectivity index (χ4n) is 0.804. The molecular formula is C10H20O2. The summed E-state index contributed by atoms with van der Waals surface area (Å²) in [7, 11) is 1.71. The summed E-state index contributed by atoms with van der Waals surface area (Å²) < 4.78 is 5.07. The highest BCUT2D eigenvalue weighted by atomic mass is 16.5. The van der Waals surface area contributed by atoms with E-state index in [4.69, 9.17) is 4.74 Å². The van der Waals surface area contributed by atoms with Gasteiger partial charge in [0.25, 0.3) is 0 Å². The van der Waals surface area contributed by atoms with Crippen LogP contribution in [0.4, 0.5) is 0 Å². The third-order valence-corrected chi connectivity index (χ3v) is 1.92. The zero-order chi connectivity index (χ0) is 9.40. The van der Waals surface area contributed by atoms with Crippen molar-refractivity contribution in [2.24, 2.45) is 0 Å². The van der Waals surface area contributed by atoms with E-state index in [2.05, 4.69) is 6.08 Å². The van der Waals surface area contributed by atoms with Crippen LogP contribution in [0.15, 0.2) is 12.2 Å². The molecule has 0 rings (SSSR count). The van der Waals surface area contributed by atoms with Gasteiger partial charge < -0.3 is 9.84 Å². The van der Waals surface area contributed by atoms with Crippen molar-refractivity contribution in [3.05, 3.63) is 12.2 Å². The zero-order valence-corrected chi connectivity index (χ0v) is 8.29. The lowest BCUT2D eigenvalue weighted by Crippen LogP contribution is -2.03. The lowest BCUT2D eigenvalue weighted by Gasteiger charge is -2.05. The largest absolute Gasteiger partial charge is 0.393 e. The van der Waals surface area contributed by atoms with Gasteiger partial charge in [0.15, 0.2) is 0 Å². The third-order valence-electron chi connectivity index (χ3n) is 1.92. The molecule has 2 nitrogen and oxygen atoms in total. The van der Waals surface area contributed by atoms with Crippen molar-refractivity contribution in [3.63, 3.8) is 0 Å². The fraction of sp³-hybridized carbons (Fsp3) is 0.800. The number of ether oxygens (including phenoxy) is 1. The first kappa shape index (κ1) is 11.7. The van der Waals surface area contributed by atoms with E-state index in [1.54, 1.807) is 7.11 Å². The normalized spacial score (nSPS) is 16.7. The molecule has 0 aliphatic heterocycles. The van der Waals surface area contributed by atoms with Crippen molar-refractivity contribution in [2.75, 3.05) is 7.11 Å². The highest BCUT2D eigenvalue weighted by Crippen LogP contribution is 2.01. The predicted molar refractivity (Wildman–Crippen MR) is 51.1 cm³/mol. The lowest BCUT2D eigenvalue weighted by molar-refractivity contribution is 0.121. The van der Waals surface area contributed by atoms with E-state index in [1.165, 1.54) is 0 Å². The molecule has 0 aromatic carbocycles. The number of aliphatic hydroxyl groups excluding tert-OH is 1. The Morgan fingerprint density at radius 1 is 1.33 bits per heavy atom. The average molecular weight is 172 g/mol. The average Bonchev–Trinajstić information content (AvgIpc) is 2.11. The monoisotopic (exact) mass is 172 g/mol. The molecule has 0 spiro atoms. The van der Waals surface area contributed by atoms with E-state index in [0.717, 1.165) is 19.3 Å². The Balaban J connectivity index is 3.36. The van der Waals surface area contributed by atoms with Crippen LogP contribution in [-0.4, -0.2) is 24.4 Å². The molecule has 0 aromatic heterocycles. The summed E-state index contributed by atoms with van der Waals surface area (Å²) in [5, 5.41) is 9.20. The number of hydrogen-bond acceptors (Lipinski definition) is 2. The summed E-state index contributed by atoms with van der Waals surface area (Å²) in [5.74, 6) is 0. The molecule has 0 amide bonds. The summed E-state index contributed by atoms with van der Waals surface area (Å²) in [4.78, 5) is 0. The maximum absolute atomic E-state index is 9.20. The van der Waals surface area contributed by atoms with Gasteiger partial charge in [0.05, 0.1) is 12.2 Å². The van der Waals surface area contributed by atoms with Crippen LogP contribution in [0.2, 0.25) is 0 Å². The minimum absolute atomic E-state index is 0.181. The maximum Gasteiger partial charge on any atom is 0.0577 e. The van der Waals surface area contributed by atoms with Crippen molar-refractivity contribution in [3.8, 4) is 0 Å². The van der Waals surface area contributed by atoms with Gasteiger partial charge in [-0.25, -0.2) is 0 Å². The Bertz CT molecular complexity index is 107. The number of aliphatic hydroxyl groups is 1. The van der Waals surface area contributed by atoms with Crippen LogP contribution in [0.1, 0.15) is 33.1 Å². The number of methoxy groups -OCH3 is 1. The zero-order valence-electron chi connectivity index (χ0n) is 8.29. The van der Waals surface area contributed by atoms with Crippen molar-refractivity contribution >= 4 is 0 Å². The molecule has 0 saturated carbocycles. The Morgan fingerprint density at radius 3 is 2.42 bits per heavy atom. The predicted octanol–water partition coefficient (Wildman–Crippen LogP) is 2.13. The third kappa shape index (κ3) is 6.38. The molecule has 1 N–H and O–H groups in total. The molecule has 2 heteroatoms. The Kier molecular flexibility index (Phi) is 7.11. The van der Waals surface area contributed by atoms with Crippen LogP contribution in [0.25, 0.3) is 0 Å². The molecule has 0 heterocycles. The van der Waals surface area contributed by atoms with Crippen LogP contribution in [0, 0.1) is 0 Å². The quantitative estimate of drug-likeness (QED) is 0.622. The fourth-order valence-corrected chi connectivity index (χ4v) is 0.804. The van der Waals surface area contributed by atoms with Crippen LogP contribution < -0.4 is 0 Å². The van der Waals surface area contributed by atoms with E-state index in [1.807, 2.05) is 19.9 Å². The summed E-state index contributed by atoms with van der Waals surface area (Å²) in [6, 6.07) is 0. The van der Waals surface area contributed by atoms with Crippen molar-refractivity contribution in [2.45, 2.75) is 45.3 Å². The van der Waals surface area contributed by atoms with Gasteiger partial charge in [0.1, 0.15) is 0 Å². The number of hydrogen-bond donors (Lipinski definition) is 1. The Hall–Kier alpha value is -0.340. The van der Waals surface area contributed by atoms with Gasteiger partial charge in [0, 0.05) is 7.11 Å². The molecule has 0 aromatic rings. The van der Waals surface area contributed by atoms with Gasteiger partial charge in [-0.15, -0.1) is 0 Å². The molecule has 0 aliphatic rings. The second kappa shape index (κ2) is 7.32. The smallest absolute Gasteiger partial charge is 0.0577 e. The molecular weight excluding hydrogens is 152 g/mol. The second-order valence-electron chi connectivity index (χ2n) is 3.05. The number of rotatable bonds is 6. The lowest BCUT2D eigenvalue weighted by atomic mass is 10.2. The highest BCUT2D eigenvalue weighted by molar-refractivity contribution is 4.85. The van der Waals surface area contributed by atoms with E-state index in [9.17, 15) is 5.11 Å². The molecule has 0 bridgehead atoms. The topological polar surface area (TPSA) is 29.5 Å². The maximum atomic E-state index is 9.20. The van der Waals surface area contributed by atoms with E-state index in [-0.39, 0.29) is 12.2 Å². The molecule has 0 radical (unpaired) electrons. The highest BCUT2D eigenvalue weighted by Gasteiger charge is 1.96. The first-order chi connectivity index (χ1) is 5.70. The Labute approximate surface area is 75.2 Å². The van der Waals surface area contributed by atoms with Crippen LogP contribution in [-0.2, 0) is 4.74 Å². The standard InChI is InChI=1S/C10H20O2/c1-4-10(11)8-6-5-7-9(2)12-3/h5-6,9-11H,4,7-8H2,1-3H3/b6-5-/t9-,10+/m1/s1. The summed E-state index contributed by atoms with van der Waals surface area (Å²) in [6.45, 7) is 4.01. The molecule has 0 saturated heterocycles. The van der Waals surface area contributed by atoms with Crippen LogP contribution in [0.5, 0.6) is 0 Å². The SMILES string of the molecule is CC[C@H](O)C/C=C\C[C@@H](C)OC.